The number of piperidine rings is 1. The van der Waals surface area contributed by atoms with Crippen molar-refractivity contribution in [3.05, 3.63) is 48.0 Å². The first kappa shape index (κ1) is 24.2. The lowest BCUT2D eigenvalue weighted by atomic mass is 9.96. The van der Waals surface area contributed by atoms with Crippen molar-refractivity contribution in [2.45, 2.75) is 50.0 Å². The number of nitrogens with zero attached hydrogens (tertiary/aromatic N) is 3. The maximum Gasteiger partial charge on any atom is 0.250 e. The van der Waals surface area contributed by atoms with E-state index < -0.39 is 10.0 Å². The highest BCUT2D eigenvalue weighted by atomic mass is 32.2. The van der Waals surface area contributed by atoms with E-state index in [2.05, 4.69) is 19.2 Å². The van der Waals surface area contributed by atoms with Crippen molar-refractivity contribution >= 4 is 38.9 Å². The fourth-order valence-electron chi connectivity index (χ4n) is 4.57. The predicted molar refractivity (Wildman–Crippen MR) is 134 cm³/mol. The van der Waals surface area contributed by atoms with Crippen molar-refractivity contribution in [2.24, 2.45) is 0 Å². The zero-order valence-electron chi connectivity index (χ0n) is 20.1. The molecule has 0 aliphatic carbocycles. The van der Waals surface area contributed by atoms with Crippen LogP contribution in [0.15, 0.2) is 47.4 Å². The lowest BCUT2D eigenvalue weighted by molar-refractivity contribution is -0.123. The average molecular weight is 485 g/mol. The summed E-state index contributed by atoms with van der Waals surface area (Å²) in [6.45, 7) is 4.75. The van der Waals surface area contributed by atoms with Gasteiger partial charge >= 0.3 is 0 Å². The van der Waals surface area contributed by atoms with Gasteiger partial charge in [0.2, 0.25) is 21.8 Å². The molecule has 2 amide bonds. The highest BCUT2D eigenvalue weighted by Crippen LogP contribution is 2.40. The molecule has 34 heavy (non-hydrogen) atoms. The molecule has 2 aromatic carbocycles. The van der Waals surface area contributed by atoms with E-state index in [-0.39, 0.29) is 29.3 Å². The van der Waals surface area contributed by atoms with Crippen LogP contribution in [0.2, 0.25) is 0 Å². The Morgan fingerprint density at radius 3 is 2.44 bits per heavy atom. The van der Waals surface area contributed by atoms with Gasteiger partial charge in [0.25, 0.3) is 0 Å². The summed E-state index contributed by atoms with van der Waals surface area (Å²) in [5.41, 5.74) is 3.07. The molecule has 0 spiro atoms. The fraction of sp³-hybridized carbons (Fsp3) is 0.440. The van der Waals surface area contributed by atoms with Crippen LogP contribution in [0, 0.1) is 0 Å². The molecule has 9 heteroatoms. The minimum Gasteiger partial charge on any atom is -0.358 e. The number of rotatable bonds is 6. The van der Waals surface area contributed by atoms with Gasteiger partial charge in [-0.2, -0.15) is 0 Å². The van der Waals surface area contributed by atoms with Gasteiger partial charge in [0.05, 0.1) is 16.3 Å². The normalized spacial score (nSPS) is 18.2. The highest BCUT2D eigenvalue weighted by Gasteiger charge is 2.40. The Morgan fingerprint density at radius 2 is 1.79 bits per heavy atom. The van der Waals surface area contributed by atoms with E-state index in [0.717, 1.165) is 29.4 Å². The largest absolute Gasteiger partial charge is 0.358 e. The topological polar surface area (TPSA) is 90.0 Å². The minimum atomic E-state index is -3.69. The molecule has 8 nitrogen and oxygen atoms in total. The SMILES string of the molecule is CC(C)c1ccc(NC(=O)CN2C(=O)[C@H]3CCCCN3c3ccc(S(=O)(=O)N(C)C)cc32)cc1. The highest BCUT2D eigenvalue weighted by molar-refractivity contribution is 7.89. The van der Waals surface area contributed by atoms with Gasteiger partial charge in [0.1, 0.15) is 12.6 Å². The van der Waals surface area contributed by atoms with Gasteiger partial charge in [-0.15, -0.1) is 0 Å². The predicted octanol–water partition coefficient (Wildman–Crippen LogP) is 3.40. The van der Waals surface area contributed by atoms with E-state index in [9.17, 15) is 18.0 Å². The second kappa shape index (κ2) is 9.38. The van der Waals surface area contributed by atoms with E-state index in [1.807, 2.05) is 29.2 Å². The van der Waals surface area contributed by atoms with E-state index in [4.69, 9.17) is 0 Å². The van der Waals surface area contributed by atoms with E-state index in [1.54, 1.807) is 12.1 Å². The molecule has 1 saturated heterocycles. The lowest BCUT2D eigenvalue weighted by Gasteiger charge is -2.45. The van der Waals surface area contributed by atoms with Crippen LogP contribution in [0.5, 0.6) is 0 Å². The molecular weight excluding hydrogens is 452 g/mol. The number of amides is 2. The Labute approximate surface area is 201 Å². The molecule has 0 unspecified atom stereocenters. The van der Waals surface area contributed by atoms with Crippen LogP contribution in [0.25, 0.3) is 0 Å². The van der Waals surface area contributed by atoms with Gasteiger partial charge in [-0.3, -0.25) is 14.5 Å². The molecule has 0 aromatic heterocycles. The third kappa shape index (κ3) is 4.54. The molecule has 0 bridgehead atoms. The number of carbonyl (C=O) groups excluding carboxylic acids is 2. The Bertz CT molecular complexity index is 1190. The first-order valence-electron chi connectivity index (χ1n) is 11.6. The van der Waals surface area contributed by atoms with Crippen molar-refractivity contribution in [3.8, 4) is 0 Å². The Hall–Kier alpha value is -2.91. The van der Waals surface area contributed by atoms with Crippen LogP contribution in [0.4, 0.5) is 17.1 Å². The zero-order chi connectivity index (χ0) is 24.6. The number of sulfonamides is 1. The molecule has 2 aromatic rings. The first-order valence-corrected chi connectivity index (χ1v) is 13.1. The van der Waals surface area contributed by atoms with Crippen LogP contribution in [-0.2, 0) is 19.6 Å². The molecule has 182 valence electrons. The fourth-order valence-corrected chi connectivity index (χ4v) is 5.49. The maximum absolute atomic E-state index is 13.5. The lowest BCUT2D eigenvalue weighted by Crippen LogP contribution is -2.56. The maximum atomic E-state index is 13.5. The van der Waals surface area contributed by atoms with E-state index >= 15 is 0 Å². The van der Waals surface area contributed by atoms with Crippen LogP contribution >= 0.6 is 0 Å². The standard InChI is InChI=1S/C25H32N4O4S/c1-17(2)18-8-10-19(11-9-18)26-24(30)16-29-23-15-20(34(32,33)27(3)4)12-13-21(23)28-14-6-5-7-22(28)25(29)31/h8-13,15,17,22H,5-7,14,16H2,1-4H3,(H,26,30)/t22-/m1/s1. The summed E-state index contributed by atoms with van der Waals surface area (Å²) in [6, 6.07) is 12.2. The molecule has 2 aliphatic rings. The van der Waals surface area contributed by atoms with Gasteiger partial charge in [0.15, 0.2) is 0 Å². The monoisotopic (exact) mass is 484 g/mol. The van der Waals surface area contributed by atoms with Gasteiger partial charge in [-0.1, -0.05) is 26.0 Å². The summed E-state index contributed by atoms with van der Waals surface area (Å²) in [6.07, 6.45) is 2.62. The molecule has 1 N–H and O–H groups in total. The number of anilines is 3. The number of nitrogens with one attached hydrogen (secondary N) is 1. The van der Waals surface area contributed by atoms with Crippen molar-refractivity contribution in [1.82, 2.24) is 4.31 Å². The quantitative estimate of drug-likeness (QED) is 0.679. The molecule has 4 rings (SSSR count). The first-order chi connectivity index (χ1) is 16.1. The van der Waals surface area contributed by atoms with Crippen LogP contribution in [0.3, 0.4) is 0 Å². The molecule has 1 atom stereocenters. The van der Waals surface area contributed by atoms with Gasteiger partial charge in [0, 0.05) is 26.3 Å². The zero-order valence-corrected chi connectivity index (χ0v) is 20.9. The molecule has 0 radical (unpaired) electrons. The number of hydrogen-bond acceptors (Lipinski definition) is 5. The summed E-state index contributed by atoms with van der Waals surface area (Å²) < 4.78 is 26.7. The summed E-state index contributed by atoms with van der Waals surface area (Å²) in [5, 5.41) is 2.87. The summed E-state index contributed by atoms with van der Waals surface area (Å²) in [5.74, 6) is -0.114. The van der Waals surface area contributed by atoms with E-state index in [1.165, 1.54) is 30.6 Å². The Kier molecular flexibility index (Phi) is 6.69. The number of benzene rings is 2. The number of fused-ring (bicyclic) bond motifs is 3. The smallest absolute Gasteiger partial charge is 0.250 e. The third-order valence-electron chi connectivity index (χ3n) is 6.54. The Morgan fingerprint density at radius 1 is 1.09 bits per heavy atom. The minimum absolute atomic E-state index is 0.0918. The van der Waals surface area contributed by atoms with Crippen molar-refractivity contribution in [1.29, 1.82) is 0 Å². The van der Waals surface area contributed by atoms with Crippen molar-refractivity contribution < 1.29 is 18.0 Å². The van der Waals surface area contributed by atoms with Crippen LogP contribution in [-0.4, -0.2) is 57.8 Å². The number of carbonyl (C=O) groups is 2. The molecular formula is C25H32N4O4S. The summed E-state index contributed by atoms with van der Waals surface area (Å²) in [4.78, 5) is 30.0. The second-order valence-corrected chi connectivity index (χ2v) is 11.5. The summed E-state index contributed by atoms with van der Waals surface area (Å²) >= 11 is 0. The van der Waals surface area contributed by atoms with E-state index in [0.29, 0.717) is 23.7 Å². The number of hydrogen-bond donors (Lipinski definition) is 1. The second-order valence-electron chi connectivity index (χ2n) is 9.39. The van der Waals surface area contributed by atoms with Gasteiger partial charge in [-0.05, 0) is 61.1 Å². The summed E-state index contributed by atoms with van der Waals surface area (Å²) in [7, 11) is -0.755. The molecule has 2 aliphatic heterocycles. The molecule has 1 fully saturated rings. The van der Waals surface area contributed by atoms with Crippen LogP contribution < -0.4 is 15.1 Å². The van der Waals surface area contributed by atoms with Crippen molar-refractivity contribution in [2.75, 3.05) is 42.3 Å². The van der Waals surface area contributed by atoms with Crippen molar-refractivity contribution in [3.63, 3.8) is 0 Å². The average Bonchev–Trinajstić information content (AvgIpc) is 2.81. The molecule has 0 saturated carbocycles. The third-order valence-corrected chi connectivity index (χ3v) is 8.35. The Balaban J connectivity index is 1.65. The molecule has 2 heterocycles. The van der Waals surface area contributed by atoms with Gasteiger partial charge < -0.3 is 10.2 Å². The van der Waals surface area contributed by atoms with Gasteiger partial charge in [-0.25, -0.2) is 12.7 Å². The van der Waals surface area contributed by atoms with Crippen LogP contribution in [0.1, 0.15) is 44.6 Å².